The zero-order valence-electron chi connectivity index (χ0n) is 33.5. The van der Waals surface area contributed by atoms with Gasteiger partial charge in [0.2, 0.25) is 29.4 Å². The molecular weight excluding hydrogens is 824 g/mol. The molecule has 4 heterocycles. The SMILES string of the molecule is COc1cc(C=C[C@H]2C3=CC[C@@H]4C(=O)N(c5ccc(C(=O)O)c(O)c5)C(=O)[C@@H]4[C@@H]3C[C@H]3C(=O)N(c4cc(-c5sc6ccc(Cl)cc6c5C)nn4C)C(=O)[C@@]23C)cc(OC)c1O. The minimum absolute atomic E-state index is 0.0306. The van der Waals surface area contributed by atoms with E-state index < -0.39 is 70.4 Å². The first kappa shape index (κ1) is 40.0. The number of aromatic hydroxyl groups is 2. The largest absolute Gasteiger partial charge is 0.507 e. The van der Waals surface area contributed by atoms with Gasteiger partial charge < -0.3 is 24.8 Å². The highest BCUT2D eigenvalue weighted by Crippen LogP contribution is 2.61. The number of methoxy groups -OCH3 is 2. The molecule has 3 N–H and O–H groups in total. The number of fused-ring (bicyclic) bond motifs is 5. The summed E-state index contributed by atoms with van der Waals surface area (Å²) in [6.07, 6.45) is 5.74. The van der Waals surface area contributed by atoms with E-state index in [-0.39, 0.29) is 47.2 Å². The molecule has 0 radical (unpaired) electrons. The summed E-state index contributed by atoms with van der Waals surface area (Å²) in [4.78, 5) is 73.4. The van der Waals surface area contributed by atoms with Crippen LogP contribution in [0.2, 0.25) is 5.02 Å². The number of carbonyl (C=O) groups is 5. The van der Waals surface area contributed by atoms with Crippen LogP contribution < -0.4 is 19.3 Å². The summed E-state index contributed by atoms with van der Waals surface area (Å²) in [6, 6.07) is 14.1. The van der Waals surface area contributed by atoms with Gasteiger partial charge >= 0.3 is 5.97 Å². The van der Waals surface area contributed by atoms with Crippen LogP contribution in [0.15, 0.2) is 72.3 Å². The molecule has 3 aromatic carbocycles. The zero-order valence-corrected chi connectivity index (χ0v) is 35.1. The predicted molar refractivity (Wildman–Crippen MR) is 227 cm³/mol. The number of carbonyl (C=O) groups excluding carboxylic acids is 4. The van der Waals surface area contributed by atoms with E-state index in [1.54, 1.807) is 38.2 Å². The van der Waals surface area contributed by atoms with Gasteiger partial charge in [0.1, 0.15) is 22.8 Å². The highest BCUT2D eigenvalue weighted by Gasteiger charge is 2.67. The molecule has 2 aromatic heterocycles. The van der Waals surface area contributed by atoms with Crippen LogP contribution in [0.4, 0.5) is 11.5 Å². The topological polar surface area (TPSA) is 189 Å². The fraction of sp³-hybridized carbons (Fsp3) is 0.289. The summed E-state index contributed by atoms with van der Waals surface area (Å²) in [6.45, 7) is 3.75. The Balaban J connectivity index is 1.14. The monoisotopic (exact) mass is 862 g/mol. The van der Waals surface area contributed by atoms with Crippen LogP contribution in [-0.4, -0.2) is 68.9 Å². The number of carboxylic acids is 1. The number of aromatic nitrogens is 2. The number of allylic oxidation sites excluding steroid dienone is 3. The van der Waals surface area contributed by atoms with Gasteiger partial charge in [0.15, 0.2) is 11.5 Å². The fourth-order valence-electron chi connectivity index (χ4n) is 9.96. The number of benzene rings is 3. The lowest BCUT2D eigenvalue weighted by molar-refractivity contribution is -0.132. The van der Waals surface area contributed by atoms with Crippen LogP contribution in [0.25, 0.3) is 26.7 Å². The van der Waals surface area contributed by atoms with Crippen molar-refractivity contribution in [2.75, 3.05) is 24.0 Å². The van der Waals surface area contributed by atoms with Crippen molar-refractivity contribution in [3.05, 3.63) is 94.0 Å². The van der Waals surface area contributed by atoms with Crippen LogP contribution in [0.3, 0.4) is 0 Å². The average molecular weight is 863 g/mol. The number of imide groups is 2. The Morgan fingerprint density at radius 1 is 0.951 bits per heavy atom. The Morgan fingerprint density at radius 2 is 1.67 bits per heavy atom. The first-order valence-electron chi connectivity index (χ1n) is 19.5. The van der Waals surface area contributed by atoms with Crippen molar-refractivity contribution in [2.24, 2.45) is 42.1 Å². The maximum absolute atomic E-state index is 15.2. The number of hydrogen-bond acceptors (Lipinski definition) is 11. The van der Waals surface area contributed by atoms with Crippen LogP contribution in [0, 0.1) is 41.9 Å². The molecule has 5 aromatic rings. The number of thiophene rings is 1. The Hall–Kier alpha value is -6.45. The average Bonchev–Trinajstić information content (AvgIpc) is 3.90. The maximum Gasteiger partial charge on any atom is 0.339 e. The summed E-state index contributed by atoms with van der Waals surface area (Å²) >= 11 is 7.85. The lowest BCUT2D eigenvalue weighted by atomic mass is 9.52. The Morgan fingerprint density at radius 3 is 2.34 bits per heavy atom. The predicted octanol–water partition coefficient (Wildman–Crippen LogP) is 7.37. The van der Waals surface area contributed by atoms with Crippen molar-refractivity contribution in [3.8, 4) is 33.6 Å². The molecule has 0 unspecified atom stereocenters. The third kappa shape index (κ3) is 5.88. The number of halogens is 1. The van der Waals surface area contributed by atoms with Crippen LogP contribution in [0.1, 0.15) is 41.3 Å². The minimum Gasteiger partial charge on any atom is -0.507 e. The van der Waals surface area contributed by atoms with Gasteiger partial charge in [-0.3, -0.25) is 23.9 Å². The van der Waals surface area contributed by atoms with Gasteiger partial charge in [-0.25, -0.2) is 14.6 Å². The lowest BCUT2D eigenvalue weighted by Gasteiger charge is -2.47. The molecule has 2 saturated heterocycles. The maximum atomic E-state index is 15.2. The standard InChI is InChI=1S/C45H39ClN4O10S/c1-20-27-16-22(46)7-13-35(27)61-39(20)31-19-36(48(3)47-31)50-41(54)30-18-28-24(29(45(30,2)44(50)58)12-6-21-14-33(59-4)38(52)34(15-21)60-5)10-11-26-37(28)42(55)49(40(26)53)23-8-9-25(43(56)57)32(51)17-23/h6-10,12-17,19,26,28-30,37,51-52H,11,18H2,1-5H3,(H,56,57)/t26-,28+,29-,30-,37-,45-/m0/s1. The van der Waals surface area contributed by atoms with Crippen molar-refractivity contribution in [1.82, 2.24) is 9.78 Å². The van der Waals surface area contributed by atoms with E-state index in [9.17, 15) is 34.5 Å². The molecule has 61 heavy (non-hydrogen) atoms. The summed E-state index contributed by atoms with van der Waals surface area (Å²) in [7, 11) is 4.50. The number of phenols is 2. The molecule has 0 spiro atoms. The molecule has 312 valence electrons. The van der Waals surface area contributed by atoms with E-state index in [1.165, 1.54) is 41.2 Å². The van der Waals surface area contributed by atoms with Gasteiger partial charge in [-0.15, -0.1) is 11.3 Å². The number of nitrogens with zero attached hydrogens (tertiary/aromatic N) is 4. The number of aryl methyl sites for hydroxylation is 2. The second-order valence-corrected chi connectivity index (χ2v) is 17.6. The van der Waals surface area contributed by atoms with E-state index in [0.29, 0.717) is 16.3 Å². The fourth-order valence-corrected chi connectivity index (χ4v) is 11.3. The number of ether oxygens (including phenoxy) is 2. The second-order valence-electron chi connectivity index (χ2n) is 16.1. The van der Waals surface area contributed by atoms with E-state index in [2.05, 4.69) is 0 Å². The van der Waals surface area contributed by atoms with Crippen LogP contribution in [0.5, 0.6) is 23.0 Å². The quantitative estimate of drug-likeness (QED) is 0.104. The number of amides is 4. The van der Waals surface area contributed by atoms with Crippen molar-refractivity contribution >= 4 is 80.2 Å². The zero-order chi connectivity index (χ0) is 43.4. The van der Waals surface area contributed by atoms with Crippen molar-refractivity contribution in [3.63, 3.8) is 0 Å². The summed E-state index contributed by atoms with van der Waals surface area (Å²) in [5.41, 5.74) is 1.13. The van der Waals surface area contributed by atoms with E-state index in [0.717, 1.165) is 43.1 Å². The molecular formula is C45H39ClN4O10S. The van der Waals surface area contributed by atoms with Gasteiger partial charge in [0.05, 0.1) is 48.0 Å². The Kier molecular flexibility index (Phi) is 9.40. The van der Waals surface area contributed by atoms with Gasteiger partial charge in [0, 0.05) is 34.8 Å². The summed E-state index contributed by atoms with van der Waals surface area (Å²) < 4.78 is 13.3. The number of carboxylic acid groups (broad SMARTS) is 1. The molecule has 14 nitrogen and oxygen atoms in total. The highest BCUT2D eigenvalue weighted by molar-refractivity contribution is 7.22. The number of hydrogen-bond donors (Lipinski definition) is 3. The Labute approximate surface area is 357 Å². The van der Waals surface area contributed by atoms with Gasteiger partial charge in [-0.05, 0) is 91.6 Å². The summed E-state index contributed by atoms with van der Waals surface area (Å²) in [5.74, 6) is -7.55. The molecule has 2 aliphatic heterocycles. The number of rotatable bonds is 8. The normalized spacial score (nSPS) is 24.7. The molecule has 0 bridgehead atoms. The number of phenolic OH excluding ortho intramolecular Hbond substituents is 1. The highest BCUT2D eigenvalue weighted by atomic mass is 35.5. The van der Waals surface area contributed by atoms with E-state index in [1.807, 2.05) is 37.3 Å². The molecule has 4 amide bonds. The van der Waals surface area contributed by atoms with E-state index >= 15 is 4.79 Å². The molecule has 4 aliphatic rings. The van der Waals surface area contributed by atoms with Gasteiger partial charge in [-0.2, -0.15) is 5.10 Å². The van der Waals surface area contributed by atoms with Gasteiger partial charge in [-0.1, -0.05) is 35.4 Å². The number of anilines is 2. The van der Waals surface area contributed by atoms with Gasteiger partial charge in [0.25, 0.3) is 0 Å². The Bertz CT molecular complexity index is 2820. The van der Waals surface area contributed by atoms with Crippen molar-refractivity contribution < 1.29 is 48.8 Å². The third-order valence-corrected chi connectivity index (χ3v) is 14.5. The smallest absolute Gasteiger partial charge is 0.339 e. The molecule has 3 fully saturated rings. The molecule has 9 rings (SSSR count). The first-order valence-corrected chi connectivity index (χ1v) is 20.7. The van der Waals surface area contributed by atoms with Crippen LogP contribution >= 0.6 is 22.9 Å². The first-order chi connectivity index (χ1) is 29.1. The molecule has 16 heteroatoms. The lowest BCUT2D eigenvalue weighted by Crippen LogP contribution is -2.49. The molecule has 2 aliphatic carbocycles. The minimum atomic E-state index is -1.37. The number of aromatic carboxylic acids is 1. The molecule has 1 saturated carbocycles. The van der Waals surface area contributed by atoms with E-state index in [4.69, 9.17) is 26.2 Å². The third-order valence-electron chi connectivity index (χ3n) is 13.0. The summed E-state index contributed by atoms with van der Waals surface area (Å²) in [5, 5.41) is 36.9. The van der Waals surface area contributed by atoms with Crippen molar-refractivity contribution in [1.29, 1.82) is 0 Å². The van der Waals surface area contributed by atoms with Crippen LogP contribution in [-0.2, 0) is 26.2 Å². The second kappa shape index (κ2) is 14.3. The van der Waals surface area contributed by atoms with Crippen molar-refractivity contribution in [2.45, 2.75) is 26.7 Å². The molecule has 6 atom stereocenters.